The van der Waals surface area contributed by atoms with E-state index in [4.69, 9.17) is 0 Å². The third-order valence-electron chi connectivity index (χ3n) is 2.66. The fourth-order valence-electron chi connectivity index (χ4n) is 1.69. The Morgan fingerprint density at radius 1 is 1.53 bits per heavy atom. The molecule has 0 fully saturated rings. The second kappa shape index (κ2) is 6.01. The van der Waals surface area contributed by atoms with E-state index in [2.05, 4.69) is 36.3 Å². The quantitative estimate of drug-likeness (QED) is 0.881. The largest absolute Gasteiger partial charge is 0.382 e. The summed E-state index contributed by atoms with van der Waals surface area (Å²) in [6, 6.07) is 0.0426. The lowest BCUT2D eigenvalue weighted by atomic mass is 10.3. The third-order valence-corrected chi connectivity index (χ3v) is 3.43. The molecule has 2 aromatic rings. The standard InChI is InChI=1S/C12H16BrN5O/c1-8(2)18-12(19)11(13)9(7-17-18)14-4-3-10-15-5-6-16-10/h5-8,14H,3-4H2,1-2H3,(H,15,16). The molecule has 0 aromatic carbocycles. The lowest BCUT2D eigenvalue weighted by Crippen LogP contribution is -2.26. The van der Waals surface area contributed by atoms with E-state index in [1.54, 1.807) is 18.6 Å². The van der Waals surface area contributed by atoms with Crippen LogP contribution in [-0.4, -0.2) is 26.3 Å². The van der Waals surface area contributed by atoms with Crippen molar-refractivity contribution in [3.8, 4) is 0 Å². The van der Waals surface area contributed by atoms with Crippen LogP contribution in [0, 0.1) is 0 Å². The zero-order valence-corrected chi connectivity index (χ0v) is 12.4. The Balaban J connectivity index is 2.05. The van der Waals surface area contributed by atoms with Crippen LogP contribution >= 0.6 is 15.9 Å². The van der Waals surface area contributed by atoms with E-state index in [0.717, 1.165) is 12.2 Å². The van der Waals surface area contributed by atoms with E-state index < -0.39 is 0 Å². The first-order chi connectivity index (χ1) is 9.09. The molecule has 6 nitrogen and oxygen atoms in total. The summed E-state index contributed by atoms with van der Waals surface area (Å²) in [6.07, 6.45) is 5.92. The first-order valence-electron chi connectivity index (χ1n) is 6.09. The van der Waals surface area contributed by atoms with Gasteiger partial charge in [-0.05, 0) is 29.8 Å². The van der Waals surface area contributed by atoms with Crippen LogP contribution in [0.15, 0.2) is 27.9 Å². The van der Waals surface area contributed by atoms with E-state index >= 15 is 0 Å². The van der Waals surface area contributed by atoms with E-state index in [1.807, 2.05) is 13.8 Å². The molecule has 2 aromatic heterocycles. The van der Waals surface area contributed by atoms with Crippen molar-refractivity contribution in [1.82, 2.24) is 19.7 Å². The van der Waals surface area contributed by atoms with E-state index in [-0.39, 0.29) is 11.6 Å². The second-order valence-electron chi connectivity index (χ2n) is 4.43. The molecule has 0 aliphatic rings. The topological polar surface area (TPSA) is 75.6 Å². The van der Waals surface area contributed by atoms with Crippen LogP contribution in [0.1, 0.15) is 25.7 Å². The minimum atomic E-state index is -0.127. The van der Waals surface area contributed by atoms with Gasteiger partial charge in [-0.2, -0.15) is 5.10 Å². The van der Waals surface area contributed by atoms with Gasteiger partial charge in [-0.15, -0.1) is 0 Å². The summed E-state index contributed by atoms with van der Waals surface area (Å²) in [6.45, 7) is 4.52. The number of aromatic nitrogens is 4. The molecular weight excluding hydrogens is 310 g/mol. The average Bonchev–Trinajstić information content (AvgIpc) is 2.87. The summed E-state index contributed by atoms with van der Waals surface area (Å²) in [5.41, 5.74) is 0.575. The van der Waals surface area contributed by atoms with Gasteiger partial charge in [-0.1, -0.05) is 0 Å². The van der Waals surface area contributed by atoms with Gasteiger partial charge < -0.3 is 10.3 Å². The maximum Gasteiger partial charge on any atom is 0.283 e. The van der Waals surface area contributed by atoms with Crippen LogP contribution in [0.4, 0.5) is 5.69 Å². The van der Waals surface area contributed by atoms with Gasteiger partial charge in [0.2, 0.25) is 0 Å². The highest BCUT2D eigenvalue weighted by molar-refractivity contribution is 9.10. The van der Waals surface area contributed by atoms with Crippen molar-refractivity contribution >= 4 is 21.6 Å². The molecule has 0 aliphatic carbocycles. The summed E-state index contributed by atoms with van der Waals surface area (Å²) in [7, 11) is 0. The van der Waals surface area contributed by atoms with Gasteiger partial charge in [0, 0.05) is 25.4 Å². The fraction of sp³-hybridized carbons (Fsp3) is 0.417. The number of H-pyrrole nitrogens is 1. The maximum absolute atomic E-state index is 12.0. The molecule has 0 bridgehead atoms. The first-order valence-corrected chi connectivity index (χ1v) is 6.88. The maximum atomic E-state index is 12.0. The number of halogens is 1. The van der Waals surface area contributed by atoms with Gasteiger partial charge in [-0.3, -0.25) is 4.79 Å². The van der Waals surface area contributed by atoms with E-state index in [1.165, 1.54) is 4.68 Å². The molecule has 2 rings (SSSR count). The van der Waals surface area contributed by atoms with Crippen LogP contribution in [0.25, 0.3) is 0 Å². The predicted octanol–water partition coefficient (Wildman–Crippen LogP) is 1.96. The van der Waals surface area contributed by atoms with Gasteiger partial charge in [0.05, 0.1) is 17.9 Å². The highest BCUT2D eigenvalue weighted by Crippen LogP contribution is 2.16. The molecule has 0 spiro atoms. The summed E-state index contributed by atoms with van der Waals surface area (Å²) < 4.78 is 1.96. The zero-order chi connectivity index (χ0) is 13.8. The molecule has 0 saturated heterocycles. The number of nitrogens with one attached hydrogen (secondary N) is 2. The number of hydrogen-bond donors (Lipinski definition) is 2. The van der Waals surface area contributed by atoms with Crippen LogP contribution < -0.4 is 10.9 Å². The summed E-state index contributed by atoms with van der Waals surface area (Å²) in [5, 5.41) is 7.32. The Bertz CT molecular complexity index is 591. The number of hydrogen-bond acceptors (Lipinski definition) is 4. The molecule has 2 heterocycles. The smallest absolute Gasteiger partial charge is 0.283 e. The highest BCUT2D eigenvalue weighted by Gasteiger charge is 2.10. The molecule has 0 radical (unpaired) electrons. The van der Waals surface area contributed by atoms with Gasteiger partial charge in [0.25, 0.3) is 5.56 Å². The molecule has 0 aliphatic heterocycles. The lowest BCUT2D eigenvalue weighted by Gasteiger charge is -2.12. The van der Waals surface area contributed by atoms with Crippen LogP contribution in [0.2, 0.25) is 0 Å². The summed E-state index contributed by atoms with van der Waals surface area (Å²) >= 11 is 3.32. The number of nitrogens with zero attached hydrogens (tertiary/aromatic N) is 3. The molecule has 19 heavy (non-hydrogen) atoms. The Morgan fingerprint density at radius 3 is 2.95 bits per heavy atom. The van der Waals surface area contributed by atoms with Gasteiger partial charge in [-0.25, -0.2) is 9.67 Å². The number of imidazole rings is 1. The van der Waals surface area contributed by atoms with Gasteiger partial charge in [0.1, 0.15) is 10.3 Å². The van der Waals surface area contributed by atoms with Crippen molar-refractivity contribution in [2.75, 3.05) is 11.9 Å². The molecule has 0 amide bonds. The average molecular weight is 326 g/mol. The number of aromatic amines is 1. The molecular formula is C12H16BrN5O. The van der Waals surface area contributed by atoms with Gasteiger partial charge in [0.15, 0.2) is 0 Å². The van der Waals surface area contributed by atoms with Crippen molar-refractivity contribution in [2.45, 2.75) is 26.3 Å². The summed E-state index contributed by atoms with van der Waals surface area (Å²) in [4.78, 5) is 19.2. The van der Waals surface area contributed by atoms with E-state index in [9.17, 15) is 4.79 Å². The Kier molecular flexibility index (Phi) is 4.36. The van der Waals surface area contributed by atoms with Crippen molar-refractivity contribution in [3.63, 3.8) is 0 Å². The first kappa shape index (κ1) is 13.8. The fourth-order valence-corrected chi connectivity index (χ4v) is 2.11. The normalized spacial score (nSPS) is 10.9. The van der Waals surface area contributed by atoms with Gasteiger partial charge >= 0.3 is 0 Å². The number of rotatable bonds is 5. The third kappa shape index (κ3) is 3.23. The SMILES string of the molecule is CC(C)n1ncc(NCCc2ncc[nH]2)c(Br)c1=O. The minimum absolute atomic E-state index is 0.0426. The van der Waals surface area contributed by atoms with Crippen molar-refractivity contribution in [2.24, 2.45) is 0 Å². The van der Waals surface area contributed by atoms with Crippen LogP contribution in [0.3, 0.4) is 0 Å². The molecule has 0 saturated carbocycles. The molecule has 7 heteroatoms. The molecule has 0 atom stereocenters. The Labute approximate surface area is 119 Å². The molecule has 102 valence electrons. The van der Waals surface area contributed by atoms with Crippen molar-refractivity contribution < 1.29 is 0 Å². The Morgan fingerprint density at radius 2 is 2.32 bits per heavy atom. The summed E-state index contributed by atoms with van der Waals surface area (Å²) in [5.74, 6) is 0.909. The van der Waals surface area contributed by atoms with Crippen LogP contribution in [-0.2, 0) is 6.42 Å². The van der Waals surface area contributed by atoms with Crippen molar-refractivity contribution in [1.29, 1.82) is 0 Å². The highest BCUT2D eigenvalue weighted by atomic mass is 79.9. The molecule has 0 unspecified atom stereocenters. The van der Waals surface area contributed by atoms with Crippen molar-refractivity contribution in [3.05, 3.63) is 39.2 Å². The predicted molar refractivity (Wildman–Crippen MR) is 77.4 cm³/mol. The molecule has 2 N–H and O–H groups in total. The van der Waals surface area contributed by atoms with Crippen LogP contribution in [0.5, 0.6) is 0 Å². The minimum Gasteiger partial charge on any atom is -0.382 e. The monoisotopic (exact) mass is 325 g/mol. The Hall–Kier alpha value is -1.63. The lowest BCUT2D eigenvalue weighted by molar-refractivity contribution is 0.501. The van der Waals surface area contributed by atoms with E-state index in [0.29, 0.717) is 16.7 Å². The zero-order valence-electron chi connectivity index (χ0n) is 10.9. The number of anilines is 1. The second-order valence-corrected chi connectivity index (χ2v) is 5.22.